The molecule has 0 aliphatic heterocycles. The lowest BCUT2D eigenvalue weighted by atomic mass is 10.1. The molecule has 0 atom stereocenters. The maximum Gasteiger partial charge on any atom is 0.573 e. The highest BCUT2D eigenvalue weighted by Crippen LogP contribution is 2.29. The molecule has 0 saturated carbocycles. The van der Waals surface area contributed by atoms with Crippen LogP contribution in [0.5, 0.6) is 5.75 Å². The number of carbonyl (C=O) groups excluding carboxylic acids is 1. The second-order valence-corrected chi connectivity index (χ2v) is 5.86. The molecule has 0 unspecified atom stereocenters. The fourth-order valence-corrected chi connectivity index (χ4v) is 2.65. The van der Waals surface area contributed by atoms with Crippen LogP contribution >= 0.6 is 0 Å². The van der Waals surface area contributed by atoms with Gasteiger partial charge in [-0.25, -0.2) is 13.6 Å². The van der Waals surface area contributed by atoms with Crippen LogP contribution < -0.4 is 4.74 Å². The van der Waals surface area contributed by atoms with Crippen LogP contribution in [-0.2, 0) is 16.1 Å². The number of halogens is 5. The van der Waals surface area contributed by atoms with Crippen LogP contribution in [0.3, 0.4) is 0 Å². The van der Waals surface area contributed by atoms with Crippen molar-refractivity contribution in [1.29, 1.82) is 0 Å². The maximum absolute atomic E-state index is 14.0. The van der Waals surface area contributed by atoms with Crippen LogP contribution in [0, 0.1) is 11.6 Å². The van der Waals surface area contributed by atoms with Crippen LogP contribution in [0.4, 0.5) is 22.0 Å². The van der Waals surface area contributed by atoms with E-state index in [0.29, 0.717) is 11.5 Å². The fraction of sp³-hybridized carbons (Fsp3) is 0.158. The molecule has 2 aromatic carbocycles. The summed E-state index contributed by atoms with van der Waals surface area (Å²) in [5, 5.41) is 4.61. The van der Waals surface area contributed by atoms with Crippen molar-refractivity contribution in [3.8, 4) is 5.75 Å². The van der Waals surface area contributed by atoms with Crippen molar-refractivity contribution in [1.82, 2.24) is 9.78 Å². The number of benzene rings is 2. The third-order valence-corrected chi connectivity index (χ3v) is 3.90. The minimum atomic E-state index is -4.89. The summed E-state index contributed by atoms with van der Waals surface area (Å²) in [6.45, 7) is -0.190. The smallest absolute Gasteiger partial charge is 0.466 e. The zero-order valence-corrected chi connectivity index (χ0v) is 14.8. The number of nitrogens with zero attached hydrogens (tertiary/aromatic N) is 2. The van der Waals surface area contributed by atoms with Gasteiger partial charge in [0.2, 0.25) is 0 Å². The molecule has 1 heterocycles. The molecule has 3 rings (SSSR count). The van der Waals surface area contributed by atoms with Crippen LogP contribution in [0.1, 0.15) is 11.3 Å². The number of hydrogen-bond donors (Lipinski definition) is 0. The average molecular weight is 412 g/mol. The molecule has 0 aliphatic carbocycles. The van der Waals surface area contributed by atoms with Crippen molar-refractivity contribution in [2.75, 3.05) is 7.11 Å². The van der Waals surface area contributed by atoms with Gasteiger partial charge in [-0.2, -0.15) is 5.10 Å². The van der Waals surface area contributed by atoms with Crippen molar-refractivity contribution in [2.24, 2.45) is 0 Å². The van der Waals surface area contributed by atoms with E-state index in [9.17, 15) is 26.7 Å². The molecule has 0 radical (unpaired) electrons. The lowest BCUT2D eigenvalue weighted by Gasteiger charge is -2.10. The number of aromatic nitrogens is 2. The lowest BCUT2D eigenvalue weighted by molar-refractivity contribution is -0.274. The molecule has 1 aromatic heterocycles. The van der Waals surface area contributed by atoms with E-state index >= 15 is 0 Å². The van der Waals surface area contributed by atoms with Gasteiger partial charge in [0.25, 0.3) is 0 Å². The Morgan fingerprint density at radius 3 is 2.59 bits per heavy atom. The number of hydrogen-bond acceptors (Lipinski definition) is 4. The second-order valence-electron chi connectivity index (χ2n) is 5.86. The van der Waals surface area contributed by atoms with E-state index in [1.54, 1.807) is 0 Å². The van der Waals surface area contributed by atoms with Crippen LogP contribution in [0.2, 0.25) is 0 Å². The highest BCUT2D eigenvalue weighted by atomic mass is 19.4. The molecule has 0 amide bonds. The van der Waals surface area contributed by atoms with Gasteiger partial charge >= 0.3 is 12.3 Å². The van der Waals surface area contributed by atoms with E-state index in [4.69, 9.17) is 0 Å². The zero-order valence-electron chi connectivity index (χ0n) is 14.8. The third kappa shape index (κ3) is 4.89. The summed E-state index contributed by atoms with van der Waals surface area (Å²) >= 11 is 0. The Labute approximate surface area is 160 Å². The van der Waals surface area contributed by atoms with Gasteiger partial charge < -0.3 is 9.47 Å². The molecular weight excluding hydrogens is 399 g/mol. The SMILES string of the molecule is COC(=O)C=Cc1nn(Cc2ccc(F)cc2F)c2cc(OC(F)(F)F)ccc12. The monoisotopic (exact) mass is 412 g/mol. The summed E-state index contributed by atoms with van der Waals surface area (Å²) in [6.07, 6.45) is -2.49. The van der Waals surface area contributed by atoms with Gasteiger partial charge in [0.15, 0.2) is 0 Å². The van der Waals surface area contributed by atoms with Gasteiger partial charge in [-0.05, 0) is 24.3 Å². The minimum Gasteiger partial charge on any atom is -0.466 e. The molecule has 29 heavy (non-hydrogen) atoms. The summed E-state index contributed by atoms with van der Waals surface area (Å²) in [4.78, 5) is 11.3. The summed E-state index contributed by atoms with van der Waals surface area (Å²) in [5.41, 5.74) is 0.507. The normalized spacial score (nSPS) is 11.9. The van der Waals surface area contributed by atoms with Gasteiger partial charge in [0, 0.05) is 29.2 Å². The molecule has 0 saturated heterocycles. The van der Waals surface area contributed by atoms with Crippen LogP contribution in [0.15, 0.2) is 42.5 Å². The van der Waals surface area contributed by atoms with Crippen molar-refractivity contribution in [3.05, 3.63) is 65.4 Å². The van der Waals surface area contributed by atoms with Gasteiger partial charge in [-0.15, -0.1) is 13.2 Å². The Balaban J connectivity index is 2.08. The summed E-state index contributed by atoms with van der Waals surface area (Å²) in [6, 6.07) is 6.47. The van der Waals surface area contributed by atoms with Crippen molar-refractivity contribution >= 4 is 22.9 Å². The molecule has 3 aromatic rings. The summed E-state index contributed by atoms with van der Waals surface area (Å²) < 4.78 is 74.4. The Bertz CT molecular complexity index is 1090. The number of fused-ring (bicyclic) bond motifs is 1. The Kier molecular flexibility index (Phi) is 5.53. The first kappa shape index (κ1) is 20.3. The Morgan fingerprint density at radius 2 is 1.93 bits per heavy atom. The number of carbonyl (C=O) groups is 1. The van der Waals surface area contributed by atoms with E-state index < -0.39 is 29.7 Å². The third-order valence-electron chi connectivity index (χ3n) is 3.90. The quantitative estimate of drug-likeness (QED) is 0.353. The molecule has 0 spiro atoms. The fourth-order valence-electron chi connectivity index (χ4n) is 2.65. The molecule has 5 nitrogen and oxygen atoms in total. The number of alkyl halides is 3. The van der Waals surface area contributed by atoms with Crippen LogP contribution in [-0.4, -0.2) is 29.2 Å². The van der Waals surface area contributed by atoms with Crippen molar-refractivity contribution in [3.63, 3.8) is 0 Å². The first-order chi connectivity index (χ1) is 13.7. The maximum atomic E-state index is 14.0. The first-order valence-corrected chi connectivity index (χ1v) is 8.12. The second kappa shape index (κ2) is 7.90. The summed E-state index contributed by atoms with van der Waals surface area (Å²) in [7, 11) is 1.18. The van der Waals surface area contributed by atoms with E-state index in [2.05, 4.69) is 14.6 Å². The molecule has 0 N–H and O–H groups in total. The Hall–Kier alpha value is -3.43. The zero-order chi connectivity index (χ0) is 21.2. The van der Waals surface area contributed by atoms with Crippen molar-refractivity contribution < 1.29 is 36.2 Å². The number of esters is 1. The van der Waals surface area contributed by atoms with Crippen LogP contribution in [0.25, 0.3) is 17.0 Å². The largest absolute Gasteiger partial charge is 0.573 e. The van der Waals surface area contributed by atoms with E-state index in [1.165, 1.54) is 30.0 Å². The van der Waals surface area contributed by atoms with Crippen molar-refractivity contribution in [2.45, 2.75) is 12.9 Å². The average Bonchev–Trinajstić information content (AvgIpc) is 2.97. The number of rotatable bonds is 5. The lowest BCUT2D eigenvalue weighted by Crippen LogP contribution is -2.17. The van der Waals surface area contributed by atoms with E-state index in [0.717, 1.165) is 24.3 Å². The molecular formula is C19H13F5N2O3. The predicted octanol–water partition coefficient (Wildman–Crippen LogP) is 4.45. The van der Waals surface area contributed by atoms with Gasteiger partial charge in [0.05, 0.1) is 24.9 Å². The number of ether oxygens (including phenoxy) is 2. The highest BCUT2D eigenvalue weighted by Gasteiger charge is 2.31. The molecule has 10 heteroatoms. The summed E-state index contributed by atoms with van der Waals surface area (Å²) in [5.74, 6) is -2.74. The van der Waals surface area contributed by atoms with E-state index in [1.807, 2.05) is 0 Å². The van der Waals surface area contributed by atoms with Gasteiger partial charge in [0.1, 0.15) is 17.4 Å². The van der Waals surface area contributed by atoms with Gasteiger partial charge in [-0.1, -0.05) is 6.07 Å². The standard InChI is InChI=1S/C19H13F5N2O3/c1-28-18(27)7-6-16-14-5-4-13(29-19(22,23)24)9-17(14)26(25-16)10-11-2-3-12(20)8-15(11)21/h2-9H,10H2,1H3. The number of methoxy groups -OCH3 is 1. The highest BCUT2D eigenvalue weighted by molar-refractivity contribution is 5.93. The molecule has 152 valence electrons. The minimum absolute atomic E-state index is 0.0708. The topological polar surface area (TPSA) is 53.3 Å². The first-order valence-electron chi connectivity index (χ1n) is 8.12. The molecule has 0 bridgehead atoms. The molecule has 0 aliphatic rings. The Morgan fingerprint density at radius 1 is 1.17 bits per heavy atom. The molecule has 0 fully saturated rings. The predicted molar refractivity (Wildman–Crippen MR) is 92.9 cm³/mol. The van der Waals surface area contributed by atoms with E-state index in [-0.39, 0.29) is 23.3 Å². The van der Waals surface area contributed by atoms with Gasteiger partial charge in [-0.3, -0.25) is 4.68 Å².